The minimum atomic E-state index is -0.493. The van der Waals surface area contributed by atoms with Gasteiger partial charge in [0.15, 0.2) is 0 Å². The van der Waals surface area contributed by atoms with Crippen molar-refractivity contribution in [3.63, 3.8) is 0 Å². The number of nitrogens with zero attached hydrogens (tertiary/aromatic N) is 1. The van der Waals surface area contributed by atoms with E-state index in [2.05, 4.69) is 0 Å². The molecule has 1 amide bonds. The van der Waals surface area contributed by atoms with E-state index in [9.17, 15) is 9.18 Å². The molecule has 0 heterocycles. The summed E-state index contributed by atoms with van der Waals surface area (Å²) in [6.07, 6.45) is 1.74. The maximum Gasteiger partial charge on any atom is 0.410 e. The second kappa shape index (κ2) is 5.19. The highest BCUT2D eigenvalue weighted by molar-refractivity contribution is 5.69. The molecule has 1 saturated carbocycles. The van der Waals surface area contributed by atoms with Crippen molar-refractivity contribution in [3.05, 3.63) is 35.6 Å². The first-order valence-corrected chi connectivity index (χ1v) is 6.59. The number of amides is 1. The molecule has 0 radical (unpaired) electrons. The van der Waals surface area contributed by atoms with Crippen LogP contribution in [-0.4, -0.2) is 22.6 Å². The van der Waals surface area contributed by atoms with Crippen molar-refractivity contribution in [1.29, 1.82) is 0 Å². The third-order valence-corrected chi connectivity index (χ3v) is 2.88. The molecule has 104 valence electrons. The van der Waals surface area contributed by atoms with Crippen LogP contribution in [0.15, 0.2) is 24.3 Å². The maximum absolute atomic E-state index is 12.9. The molecule has 1 aliphatic carbocycles. The van der Waals surface area contributed by atoms with Gasteiger partial charge < -0.3 is 9.64 Å². The van der Waals surface area contributed by atoms with Crippen molar-refractivity contribution in [2.24, 2.45) is 0 Å². The van der Waals surface area contributed by atoms with Crippen molar-refractivity contribution >= 4 is 6.09 Å². The Morgan fingerprint density at radius 3 is 2.37 bits per heavy atom. The summed E-state index contributed by atoms with van der Waals surface area (Å²) in [7, 11) is 0. The van der Waals surface area contributed by atoms with Gasteiger partial charge >= 0.3 is 6.09 Å². The van der Waals surface area contributed by atoms with Crippen molar-refractivity contribution < 1.29 is 13.9 Å². The molecular formula is C15H20FNO2. The number of benzene rings is 1. The smallest absolute Gasteiger partial charge is 0.410 e. The molecule has 0 unspecified atom stereocenters. The predicted molar refractivity (Wildman–Crippen MR) is 71.2 cm³/mol. The number of rotatable bonds is 3. The summed E-state index contributed by atoms with van der Waals surface area (Å²) in [6.45, 7) is 6.04. The predicted octanol–water partition coefficient (Wildman–Crippen LogP) is 3.73. The molecule has 0 aromatic heterocycles. The molecule has 0 spiro atoms. The number of hydrogen-bond acceptors (Lipinski definition) is 2. The third kappa shape index (κ3) is 4.23. The summed E-state index contributed by atoms with van der Waals surface area (Å²) in [5, 5.41) is 0. The van der Waals surface area contributed by atoms with E-state index in [1.165, 1.54) is 12.1 Å². The first-order valence-electron chi connectivity index (χ1n) is 6.59. The van der Waals surface area contributed by atoms with Gasteiger partial charge in [-0.1, -0.05) is 12.1 Å². The summed E-state index contributed by atoms with van der Waals surface area (Å²) < 4.78 is 18.3. The van der Waals surface area contributed by atoms with Crippen LogP contribution in [0.5, 0.6) is 0 Å². The fourth-order valence-electron chi connectivity index (χ4n) is 1.84. The topological polar surface area (TPSA) is 29.5 Å². The fourth-order valence-corrected chi connectivity index (χ4v) is 1.84. The van der Waals surface area contributed by atoms with Gasteiger partial charge in [-0.2, -0.15) is 0 Å². The summed E-state index contributed by atoms with van der Waals surface area (Å²) in [6, 6.07) is 6.50. The monoisotopic (exact) mass is 265 g/mol. The fraction of sp³-hybridized carbons (Fsp3) is 0.533. The van der Waals surface area contributed by atoms with E-state index in [4.69, 9.17) is 4.74 Å². The lowest BCUT2D eigenvalue weighted by Crippen LogP contribution is -2.37. The van der Waals surface area contributed by atoms with Crippen LogP contribution in [0.2, 0.25) is 0 Å². The van der Waals surface area contributed by atoms with Gasteiger partial charge in [0, 0.05) is 12.6 Å². The maximum atomic E-state index is 12.9. The summed E-state index contributed by atoms with van der Waals surface area (Å²) >= 11 is 0. The largest absolute Gasteiger partial charge is 0.444 e. The van der Waals surface area contributed by atoms with Crippen LogP contribution >= 0.6 is 0 Å². The summed E-state index contributed by atoms with van der Waals surface area (Å²) in [5.41, 5.74) is 0.423. The van der Waals surface area contributed by atoms with Crippen LogP contribution in [0.25, 0.3) is 0 Å². The average Bonchev–Trinajstić information content (AvgIpc) is 3.09. The summed E-state index contributed by atoms with van der Waals surface area (Å²) in [4.78, 5) is 13.9. The van der Waals surface area contributed by atoms with Gasteiger partial charge in [0.25, 0.3) is 0 Å². The molecule has 0 saturated heterocycles. The minimum Gasteiger partial charge on any atom is -0.444 e. The van der Waals surface area contributed by atoms with Gasteiger partial charge in [0.05, 0.1) is 0 Å². The number of carbonyl (C=O) groups excluding carboxylic acids is 1. The van der Waals surface area contributed by atoms with Crippen LogP contribution in [0.3, 0.4) is 0 Å². The molecule has 19 heavy (non-hydrogen) atoms. The van der Waals surface area contributed by atoms with Gasteiger partial charge in [-0.05, 0) is 51.3 Å². The van der Waals surface area contributed by atoms with E-state index in [1.807, 2.05) is 20.8 Å². The zero-order valence-electron chi connectivity index (χ0n) is 11.6. The normalized spacial score (nSPS) is 15.2. The molecule has 1 aromatic rings. The quantitative estimate of drug-likeness (QED) is 0.833. The Morgan fingerprint density at radius 1 is 1.32 bits per heavy atom. The van der Waals surface area contributed by atoms with Gasteiger partial charge in [-0.15, -0.1) is 0 Å². The Balaban J connectivity index is 2.04. The van der Waals surface area contributed by atoms with Crippen LogP contribution in [0.1, 0.15) is 39.2 Å². The van der Waals surface area contributed by atoms with Crippen LogP contribution in [-0.2, 0) is 11.3 Å². The zero-order chi connectivity index (χ0) is 14.0. The van der Waals surface area contributed by atoms with Crippen molar-refractivity contribution in [2.45, 2.75) is 51.8 Å². The van der Waals surface area contributed by atoms with Crippen LogP contribution in [0, 0.1) is 5.82 Å². The van der Waals surface area contributed by atoms with Gasteiger partial charge in [0.1, 0.15) is 11.4 Å². The molecule has 0 N–H and O–H groups in total. The number of halogens is 1. The second-order valence-electron chi connectivity index (χ2n) is 5.97. The van der Waals surface area contributed by atoms with E-state index >= 15 is 0 Å². The van der Waals surface area contributed by atoms with Gasteiger partial charge in [-0.25, -0.2) is 9.18 Å². The lowest BCUT2D eigenvalue weighted by atomic mass is 10.2. The van der Waals surface area contributed by atoms with Crippen molar-refractivity contribution in [2.75, 3.05) is 0 Å². The zero-order valence-corrected chi connectivity index (χ0v) is 11.6. The molecule has 0 atom stereocenters. The first-order chi connectivity index (χ1) is 8.85. The van der Waals surface area contributed by atoms with Gasteiger partial charge in [-0.3, -0.25) is 0 Å². The SMILES string of the molecule is CC(C)(C)OC(=O)N(Cc1ccc(F)cc1)C1CC1. The molecule has 2 rings (SSSR count). The molecule has 0 aliphatic heterocycles. The highest BCUT2D eigenvalue weighted by atomic mass is 19.1. The van der Waals surface area contributed by atoms with E-state index in [-0.39, 0.29) is 18.0 Å². The Bertz CT molecular complexity index is 446. The molecule has 1 fully saturated rings. The Labute approximate surface area is 113 Å². The lowest BCUT2D eigenvalue weighted by Gasteiger charge is -2.27. The summed E-state index contributed by atoms with van der Waals surface area (Å²) in [5.74, 6) is -0.265. The number of carbonyl (C=O) groups is 1. The molecule has 3 nitrogen and oxygen atoms in total. The van der Waals surface area contributed by atoms with Crippen molar-refractivity contribution in [3.8, 4) is 0 Å². The average molecular weight is 265 g/mol. The first kappa shape index (κ1) is 13.8. The molecule has 4 heteroatoms. The van der Waals surface area contributed by atoms with Gasteiger partial charge in [0.2, 0.25) is 0 Å². The van der Waals surface area contributed by atoms with E-state index in [0.717, 1.165) is 18.4 Å². The Kier molecular flexibility index (Phi) is 3.78. The van der Waals surface area contributed by atoms with Crippen LogP contribution in [0.4, 0.5) is 9.18 Å². The van der Waals surface area contributed by atoms with Crippen LogP contribution < -0.4 is 0 Å². The minimum absolute atomic E-state index is 0.264. The molecule has 1 aromatic carbocycles. The van der Waals surface area contributed by atoms with E-state index in [0.29, 0.717) is 6.54 Å². The lowest BCUT2D eigenvalue weighted by molar-refractivity contribution is 0.0216. The highest BCUT2D eigenvalue weighted by Crippen LogP contribution is 2.29. The molecule has 0 bridgehead atoms. The number of hydrogen-bond donors (Lipinski definition) is 0. The Hall–Kier alpha value is -1.58. The third-order valence-electron chi connectivity index (χ3n) is 2.88. The second-order valence-corrected chi connectivity index (χ2v) is 5.97. The van der Waals surface area contributed by atoms with E-state index < -0.39 is 5.60 Å². The van der Waals surface area contributed by atoms with Crippen molar-refractivity contribution in [1.82, 2.24) is 4.90 Å². The molecule has 1 aliphatic rings. The van der Waals surface area contributed by atoms with E-state index in [1.54, 1.807) is 17.0 Å². The standard InChI is InChI=1S/C15H20FNO2/c1-15(2,3)19-14(18)17(13-8-9-13)10-11-4-6-12(16)7-5-11/h4-7,13H,8-10H2,1-3H3. The highest BCUT2D eigenvalue weighted by Gasteiger charge is 2.35. The molecular weight excluding hydrogens is 245 g/mol. The number of ether oxygens (including phenoxy) is 1. The Morgan fingerprint density at radius 2 is 1.89 bits per heavy atom.